The number of nitrogens with zero attached hydrogens (tertiary/aromatic N) is 1. The molecule has 0 saturated carbocycles. The van der Waals surface area contributed by atoms with Crippen molar-refractivity contribution in [2.75, 3.05) is 13.1 Å². The summed E-state index contributed by atoms with van der Waals surface area (Å²) in [5, 5.41) is 0. The number of rotatable bonds is 4. The molecule has 0 aliphatic carbocycles. The van der Waals surface area contributed by atoms with E-state index in [0.29, 0.717) is 12.6 Å². The smallest absolute Gasteiger partial charge is 0.257 e. The maximum atomic E-state index is 12.4. The Bertz CT molecular complexity index is 387. The lowest BCUT2D eigenvalue weighted by Gasteiger charge is -2.24. The lowest BCUT2D eigenvalue weighted by Crippen LogP contribution is -2.36. The van der Waals surface area contributed by atoms with Crippen molar-refractivity contribution in [2.24, 2.45) is 5.73 Å². The van der Waals surface area contributed by atoms with E-state index < -0.39 is 0 Å². The molecule has 4 nitrogen and oxygen atoms in total. The molecule has 94 valence electrons. The molecule has 1 unspecified atom stereocenters. The highest BCUT2D eigenvalue weighted by molar-refractivity contribution is 5.95. The van der Waals surface area contributed by atoms with Crippen LogP contribution in [0.15, 0.2) is 16.7 Å². The van der Waals surface area contributed by atoms with Crippen LogP contribution in [-0.2, 0) is 6.42 Å². The Morgan fingerprint density at radius 2 is 2.47 bits per heavy atom. The molecule has 4 heteroatoms. The quantitative estimate of drug-likeness (QED) is 0.867. The van der Waals surface area contributed by atoms with Gasteiger partial charge in [0.05, 0.1) is 11.8 Å². The summed E-state index contributed by atoms with van der Waals surface area (Å²) in [6.07, 6.45) is 5.40. The van der Waals surface area contributed by atoms with E-state index >= 15 is 0 Å². The van der Waals surface area contributed by atoms with Crippen LogP contribution in [0.5, 0.6) is 0 Å². The van der Waals surface area contributed by atoms with Crippen LogP contribution in [0.1, 0.15) is 42.3 Å². The second kappa shape index (κ2) is 5.36. The van der Waals surface area contributed by atoms with Crippen LogP contribution >= 0.6 is 0 Å². The van der Waals surface area contributed by atoms with E-state index in [1.807, 2.05) is 11.8 Å². The van der Waals surface area contributed by atoms with Crippen LogP contribution < -0.4 is 5.73 Å². The molecule has 1 aliphatic heterocycles. The van der Waals surface area contributed by atoms with Crippen LogP contribution in [0.2, 0.25) is 0 Å². The summed E-state index contributed by atoms with van der Waals surface area (Å²) in [7, 11) is 0. The summed E-state index contributed by atoms with van der Waals surface area (Å²) >= 11 is 0. The van der Waals surface area contributed by atoms with Crippen LogP contribution in [-0.4, -0.2) is 29.9 Å². The fourth-order valence-corrected chi connectivity index (χ4v) is 2.56. The Hall–Kier alpha value is -1.29. The maximum Gasteiger partial charge on any atom is 0.257 e. The molecule has 2 heterocycles. The van der Waals surface area contributed by atoms with Gasteiger partial charge in [-0.25, -0.2) is 0 Å². The van der Waals surface area contributed by atoms with Crippen molar-refractivity contribution >= 4 is 5.91 Å². The Balaban J connectivity index is 2.14. The largest absolute Gasteiger partial charge is 0.469 e. The van der Waals surface area contributed by atoms with Crippen molar-refractivity contribution in [2.45, 2.75) is 38.6 Å². The number of aryl methyl sites for hydroxylation is 1. The summed E-state index contributed by atoms with van der Waals surface area (Å²) in [5.41, 5.74) is 6.31. The van der Waals surface area contributed by atoms with Gasteiger partial charge in [0.2, 0.25) is 0 Å². The van der Waals surface area contributed by atoms with Crippen molar-refractivity contribution in [1.29, 1.82) is 0 Å². The van der Waals surface area contributed by atoms with E-state index in [2.05, 4.69) is 0 Å². The van der Waals surface area contributed by atoms with Gasteiger partial charge < -0.3 is 15.1 Å². The van der Waals surface area contributed by atoms with Crippen LogP contribution in [0, 0.1) is 0 Å². The number of nitrogens with two attached hydrogens (primary N) is 1. The maximum absolute atomic E-state index is 12.4. The molecule has 1 amide bonds. The lowest BCUT2D eigenvalue weighted by molar-refractivity contribution is 0.0730. The zero-order valence-corrected chi connectivity index (χ0v) is 10.3. The fraction of sp³-hybridized carbons (Fsp3) is 0.615. The molecule has 0 bridgehead atoms. The van der Waals surface area contributed by atoms with E-state index in [1.165, 1.54) is 0 Å². The molecule has 2 rings (SSSR count). The van der Waals surface area contributed by atoms with Crippen molar-refractivity contribution in [3.05, 3.63) is 23.7 Å². The topological polar surface area (TPSA) is 59.5 Å². The zero-order chi connectivity index (χ0) is 12.3. The van der Waals surface area contributed by atoms with Gasteiger partial charge in [0, 0.05) is 19.0 Å². The van der Waals surface area contributed by atoms with Gasteiger partial charge in [0.1, 0.15) is 5.76 Å². The third-order valence-electron chi connectivity index (χ3n) is 3.43. The van der Waals surface area contributed by atoms with Crippen molar-refractivity contribution in [3.8, 4) is 0 Å². The first-order valence-corrected chi connectivity index (χ1v) is 6.35. The number of likely N-dealkylation sites (tertiary alicyclic amines) is 1. The van der Waals surface area contributed by atoms with Crippen LogP contribution in [0.3, 0.4) is 0 Å². The molecule has 2 N–H and O–H groups in total. The monoisotopic (exact) mass is 236 g/mol. The molecule has 17 heavy (non-hydrogen) atoms. The summed E-state index contributed by atoms with van der Waals surface area (Å²) in [4.78, 5) is 14.4. The average Bonchev–Trinajstić information content (AvgIpc) is 2.96. The first kappa shape index (κ1) is 12.2. The summed E-state index contributed by atoms with van der Waals surface area (Å²) in [5.74, 6) is 0.889. The van der Waals surface area contributed by atoms with Gasteiger partial charge in [-0.1, -0.05) is 6.92 Å². The molecule has 0 spiro atoms. The van der Waals surface area contributed by atoms with E-state index in [-0.39, 0.29) is 5.91 Å². The van der Waals surface area contributed by atoms with Crippen LogP contribution in [0.4, 0.5) is 0 Å². The highest BCUT2D eigenvalue weighted by Gasteiger charge is 2.30. The second-order valence-electron chi connectivity index (χ2n) is 4.48. The van der Waals surface area contributed by atoms with Crippen molar-refractivity contribution in [3.63, 3.8) is 0 Å². The van der Waals surface area contributed by atoms with Crippen molar-refractivity contribution in [1.82, 2.24) is 4.90 Å². The predicted molar refractivity (Wildman–Crippen MR) is 65.8 cm³/mol. The van der Waals surface area contributed by atoms with Crippen LogP contribution in [0.25, 0.3) is 0 Å². The molecule has 1 saturated heterocycles. The number of furan rings is 1. The highest BCUT2D eigenvalue weighted by atomic mass is 16.3. The minimum atomic E-state index is 0.103. The Kier molecular flexibility index (Phi) is 3.84. The number of carbonyl (C=O) groups is 1. The minimum absolute atomic E-state index is 0.103. The predicted octanol–water partition coefficient (Wildman–Crippen LogP) is 1.80. The number of carbonyl (C=O) groups excluding carboxylic acids is 1. The van der Waals surface area contributed by atoms with Gasteiger partial charge in [-0.05, 0) is 31.9 Å². The van der Waals surface area contributed by atoms with E-state index in [0.717, 1.165) is 43.6 Å². The highest BCUT2D eigenvalue weighted by Crippen LogP contribution is 2.24. The van der Waals surface area contributed by atoms with E-state index in [1.54, 1.807) is 12.3 Å². The third kappa shape index (κ3) is 2.36. The Labute approximate surface area is 102 Å². The van der Waals surface area contributed by atoms with Gasteiger partial charge in [0.15, 0.2) is 0 Å². The first-order valence-electron chi connectivity index (χ1n) is 6.35. The molecular weight excluding hydrogens is 216 g/mol. The molecule has 1 aromatic rings. The average molecular weight is 236 g/mol. The SMILES string of the molecule is CCc1occc1C(=O)N1CCCC1CCN. The normalized spacial score (nSPS) is 19.9. The van der Waals surface area contributed by atoms with Gasteiger partial charge in [0.25, 0.3) is 5.91 Å². The summed E-state index contributed by atoms with van der Waals surface area (Å²) < 4.78 is 5.32. The Morgan fingerprint density at radius 3 is 3.18 bits per heavy atom. The zero-order valence-electron chi connectivity index (χ0n) is 10.3. The molecule has 1 fully saturated rings. The summed E-state index contributed by atoms with van der Waals surface area (Å²) in [6, 6.07) is 2.09. The molecular formula is C13H20N2O2. The van der Waals surface area contributed by atoms with E-state index in [4.69, 9.17) is 10.2 Å². The second-order valence-corrected chi connectivity index (χ2v) is 4.48. The van der Waals surface area contributed by atoms with Crippen molar-refractivity contribution < 1.29 is 9.21 Å². The number of hydrogen-bond donors (Lipinski definition) is 1. The molecule has 1 aromatic heterocycles. The van der Waals surface area contributed by atoms with E-state index in [9.17, 15) is 4.79 Å². The molecule has 1 atom stereocenters. The Morgan fingerprint density at radius 1 is 1.65 bits per heavy atom. The van der Waals surface area contributed by atoms with Gasteiger partial charge in [-0.2, -0.15) is 0 Å². The minimum Gasteiger partial charge on any atom is -0.469 e. The van der Waals surface area contributed by atoms with Gasteiger partial charge in [-0.15, -0.1) is 0 Å². The standard InChI is InChI=1S/C13H20N2O2/c1-2-12-11(6-9-17-12)13(16)15-8-3-4-10(15)5-7-14/h6,9-10H,2-5,7-8,14H2,1H3. The molecule has 0 radical (unpaired) electrons. The first-order chi connectivity index (χ1) is 8.27. The third-order valence-corrected chi connectivity index (χ3v) is 3.43. The molecule has 1 aliphatic rings. The fourth-order valence-electron chi connectivity index (χ4n) is 2.56. The van der Waals surface area contributed by atoms with Gasteiger partial charge in [-0.3, -0.25) is 4.79 Å². The van der Waals surface area contributed by atoms with Gasteiger partial charge >= 0.3 is 0 Å². The molecule has 0 aromatic carbocycles. The summed E-state index contributed by atoms with van der Waals surface area (Å²) in [6.45, 7) is 3.48. The number of amides is 1. The number of hydrogen-bond acceptors (Lipinski definition) is 3. The lowest BCUT2D eigenvalue weighted by atomic mass is 10.1.